The first-order valence-corrected chi connectivity index (χ1v) is 10.9. The number of aromatic nitrogens is 6. The molecule has 0 aliphatic carbocycles. The van der Waals surface area contributed by atoms with Crippen molar-refractivity contribution in [2.24, 2.45) is 19.8 Å². The van der Waals surface area contributed by atoms with E-state index in [4.69, 9.17) is 22.3 Å². The van der Waals surface area contributed by atoms with Gasteiger partial charge in [0.25, 0.3) is 5.56 Å². The summed E-state index contributed by atoms with van der Waals surface area (Å²) in [6, 6.07) is 4.62. The zero-order chi connectivity index (χ0) is 21.4. The van der Waals surface area contributed by atoms with E-state index in [1.54, 1.807) is 16.3 Å². The van der Waals surface area contributed by atoms with Crippen molar-refractivity contribution in [1.82, 2.24) is 29.5 Å². The number of nitrogens with zero attached hydrogens (tertiary/aromatic N) is 6. The van der Waals surface area contributed by atoms with Crippen molar-refractivity contribution in [2.75, 3.05) is 4.90 Å². The van der Waals surface area contributed by atoms with Gasteiger partial charge in [0, 0.05) is 49.4 Å². The first-order valence-electron chi connectivity index (χ1n) is 10.5. The van der Waals surface area contributed by atoms with Crippen LogP contribution in [0, 0.1) is 0 Å². The van der Waals surface area contributed by atoms with Gasteiger partial charge in [-0.15, -0.1) is 0 Å². The van der Waals surface area contributed by atoms with Crippen LogP contribution in [0.15, 0.2) is 23.1 Å². The number of aryl methyl sites for hydroxylation is 1. The summed E-state index contributed by atoms with van der Waals surface area (Å²) in [5.41, 5.74) is 8.55. The Morgan fingerprint density at radius 3 is 2.68 bits per heavy atom. The van der Waals surface area contributed by atoms with Crippen LogP contribution in [0.2, 0.25) is 5.02 Å². The van der Waals surface area contributed by atoms with Crippen molar-refractivity contribution in [3.63, 3.8) is 0 Å². The molecule has 3 N–H and O–H groups in total. The highest BCUT2D eigenvalue weighted by atomic mass is 35.5. The molecule has 6 rings (SSSR count). The Labute approximate surface area is 182 Å². The van der Waals surface area contributed by atoms with Crippen LogP contribution in [-0.2, 0) is 14.1 Å². The minimum atomic E-state index is -0.139. The van der Waals surface area contributed by atoms with E-state index in [1.807, 2.05) is 25.4 Å². The SMILES string of the molecule is Cn1cc2c(Cl)c(-c3n[nH]c4nc(N5[C@@H]6CC[C@H]5C[C@H](N)C6)n(C)c(=O)c34)ccc2n1. The van der Waals surface area contributed by atoms with Crippen molar-refractivity contribution < 1.29 is 0 Å². The molecule has 2 bridgehead atoms. The molecular formula is C21H23ClN8O. The molecule has 0 unspecified atom stereocenters. The zero-order valence-corrected chi connectivity index (χ0v) is 18.1. The predicted octanol–water partition coefficient (Wildman–Crippen LogP) is 2.32. The van der Waals surface area contributed by atoms with E-state index in [-0.39, 0.29) is 11.6 Å². The highest BCUT2D eigenvalue weighted by Crippen LogP contribution is 2.39. The Kier molecular flexibility index (Phi) is 3.97. The largest absolute Gasteiger partial charge is 0.336 e. The number of fused-ring (bicyclic) bond motifs is 4. The molecule has 2 fully saturated rings. The van der Waals surface area contributed by atoms with Crippen LogP contribution in [0.1, 0.15) is 25.7 Å². The Hall–Kier alpha value is -2.91. The molecule has 0 radical (unpaired) electrons. The number of H-pyrrole nitrogens is 1. The summed E-state index contributed by atoms with van der Waals surface area (Å²) in [7, 11) is 3.63. The lowest BCUT2D eigenvalue weighted by molar-refractivity contribution is 0.405. The van der Waals surface area contributed by atoms with Gasteiger partial charge in [-0.2, -0.15) is 15.2 Å². The number of aromatic amines is 1. The van der Waals surface area contributed by atoms with E-state index in [0.29, 0.717) is 45.3 Å². The molecular weight excluding hydrogens is 416 g/mol. The Balaban J connectivity index is 1.52. The molecule has 31 heavy (non-hydrogen) atoms. The number of nitrogens with two attached hydrogens (primary N) is 1. The van der Waals surface area contributed by atoms with Gasteiger partial charge >= 0.3 is 0 Å². The highest BCUT2D eigenvalue weighted by Gasteiger charge is 2.41. The number of halogens is 1. The van der Waals surface area contributed by atoms with Crippen LogP contribution < -0.4 is 16.2 Å². The number of rotatable bonds is 2. The minimum Gasteiger partial charge on any atom is -0.336 e. The molecule has 9 nitrogen and oxygen atoms in total. The third-order valence-electron chi connectivity index (χ3n) is 6.77. The van der Waals surface area contributed by atoms with Crippen LogP contribution in [0.5, 0.6) is 0 Å². The lowest BCUT2D eigenvalue weighted by Crippen LogP contribution is -2.49. The summed E-state index contributed by atoms with van der Waals surface area (Å²) in [5.74, 6) is 0.681. The molecule has 5 heterocycles. The van der Waals surface area contributed by atoms with Gasteiger partial charge in [0.2, 0.25) is 5.95 Å². The number of piperidine rings is 1. The van der Waals surface area contributed by atoms with E-state index < -0.39 is 0 Å². The average Bonchev–Trinajstić information content (AvgIpc) is 3.39. The topological polar surface area (TPSA) is 111 Å². The van der Waals surface area contributed by atoms with Gasteiger partial charge in [-0.3, -0.25) is 19.1 Å². The van der Waals surface area contributed by atoms with Crippen LogP contribution in [-0.4, -0.2) is 47.7 Å². The van der Waals surface area contributed by atoms with E-state index in [1.165, 1.54) is 0 Å². The summed E-state index contributed by atoms with van der Waals surface area (Å²) < 4.78 is 3.36. The highest BCUT2D eigenvalue weighted by molar-refractivity contribution is 6.38. The van der Waals surface area contributed by atoms with Crippen LogP contribution >= 0.6 is 11.6 Å². The maximum Gasteiger partial charge on any atom is 0.266 e. The number of nitrogens with one attached hydrogen (secondary N) is 1. The van der Waals surface area contributed by atoms with Gasteiger partial charge in [-0.25, -0.2) is 0 Å². The molecule has 4 aromatic rings. The molecule has 2 saturated heterocycles. The van der Waals surface area contributed by atoms with Crippen molar-refractivity contribution in [1.29, 1.82) is 0 Å². The summed E-state index contributed by atoms with van der Waals surface area (Å²) in [6.45, 7) is 0. The molecule has 3 atom stereocenters. The second-order valence-electron chi connectivity index (χ2n) is 8.76. The van der Waals surface area contributed by atoms with E-state index in [2.05, 4.69) is 20.2 Å². The minimum absolute atomic E-state index is 0.139. The van der Waals surface area contributed by atoms with Gasteiger partial charge in [-0.05, 0) is 37.8 Å². The normalized spacial score (nSPS) is 23.4. The summed E-state index contributed by atoms with van der Waals surface area (Å²) in [5, 5.41) is 13.6. The lowest BCUT2D eigenvalue weighted by Gasteiger charge is -2.38. The van der Waals surface area contributed by atoms with E-state index in [9.17, 15) is 4.79 Å². The summed E-state index contributed by atoms with van der Waals surface area (Å²) in [6.07, 6.45) is 5.89. The molecule has 0 amide bonds. The smallest absolute Gasteiger partial charge is 0.266 e. The van der Waals surface area contributed by atoms with Gasteiger partial charge in [0.15, 0.2) is 5.65 Å². The maximum atomic E-state index is 13.5. The van der Waals surface area contributed by atoms with Gasteiger partial charge in [-0.1, -0.05) is 11.6 Å². The van der Waals surface area contributed by atoms with Gasteiger partial charge in [0.05, 0.1) is 10.5 Å². The Morgan fingerprint density at radius 1 is 1.19 bits per heavy atom. The summed E-state index contributed by atoms with van der Waals surface area (Å²) in [4.78, 5) is 20.6. The molecule has 160 valence electrons. The average molecular weight is 439 g/mol. The molecule has 2 aliphatic rings. The van der Waals surface area contributed by atoms with Crippen molar-refractivity contribution in [3.05, 3.63) is 33.7 Å². The number of anilines is 1. The lowest BCUT2D eigenvalue weighted by atomic mass is 9.98. The van der Waals surface area contributed by atoms with Crippen molar-refractivity contribution in [2.45, 2.75) is 43.8 Å². The van der Waals surface area contributed by atoms with Gasteiger partial charge < -0.3 is 10.6 Å². The monoisotopic (exact) mass is 438 g/mol. The molecule has 1 aromatic carbocycles. The van der Waals surface area contributed by atoms with E-state index in [0.717, 1.165) is 36.6 Å². The van der Waals surface area contributed by atoms with Crippen molar-refractivity contribution >= 4 is 39.5 Å². The quantitative estimate of drug-likeness (QED) is 0.497. The number of benzene rings is 1. The predicted molar refractivity (Wildman–Crippen MR) is 120 cm³/mol. The fourth-order valence-electron chi connectivity index (χ4n) is 5.38. The first kappa shape index (κ1) is 18.8. The standard InChI is InChI=1S/C21H23ClN8O/c1-28-9-14-15(27-28)6-5-13(17(14)22)18-16-19(26-25-18)24-21(29(2)20(16)31)30-11-3-4-12(30)8-10(23)7-11/h5-6,9-12H,3-4,7-8,23H2,1-2H3,(H,25,26)/t10-,11-,12+. The molecule has 0 saturated carbocycles. The second-order valence-corrected chi connectivity index (χ2v) is 9.14. The fraction of sp³-hybridized carbons (Fsp3) is 0.429. The fourth-order valence-corrected chi connectivity index (χ4v) is 5.68. The van der Waals surface area contributed by atoms with Crippen LogP contribution in [0.25, 0.3) is 33.2 Å². The zero-order valence-electron chi connectivity index (χ0n) is 17.3. The maximum absolute atomic E-state index is 13.5. The Bertz CT molecular complexity index is 1390. The van der Waals surface area contributed by atoms with Crippen LogP contribution in [0.4, 0.5) is 5.95 Å². The Morgan fingerprint density at radius 2 is 1.94 bits per heavy atom. The van der Waals surface area contributed by atoms with Crippen LogP contribution in [0.3, 0.4) is 0 Å². The van der Waals surface area contributed by atoms with Gasteiger partial charge in [0.1, 0.15) is 11.1 Å². The second kappa shape index (κ2) is 6.54. The third kappa shape index (κ3) is 2.66. The molecule has 10 heteroatoms. The number of hydrogen-bond donors (Lipinski definition) is 2. The molecule has 0 spiro atoms. The van der Waals surface area contributed by atoms with Crippen molar-refractivity contribution in [3.8, 4) is 11.3 Å². The van der Waals surface area contributed by atoms with E-state index >= 15 is 0 Å². The third-order valence-corrected chi connectivity index (χ3v) is 7.18. The molecule has 3 aromatic heterocycles. The summed E-state index contributed by atoms with van der Waals surface area (Å²) >= 11 is 6.70. The number of hydrogen-bond acceptors (Lipinski definition) is 6. The first-order chi connectivity index (χ1) is 14.9. The molecule has 2 aliphatic heterocycles.